The molecular weight excluding hydrogens is 248 g/mol. The SMILES string of the molecule is COC(=O)c1ccc(NC(=O)[C@@H]2CCC(=O)N2)cc1. The van der Waals surface area contributed by atoms with Gasteiger partial charge in [0.1, 0.15) is 6.04 Å². The smallest absolute Gasteiger partial charge is 0.337 e. The van der Waals surface area contributed by atoms with Crippen LogP contribution >= 0.6 is 0 Å². The summed E-state index contributed by atoms with van der Waals surface area (Å²) in [7, 11) is 1.31. The minimum absolute atomic E-state index is 0.110. The number of nitrogens with one attached hydrogen (secondary N) is 2. The minimum Gasteiger partial charge on any atom is -0.465 e. The normalized spacial score (nSPS) is 17.7. The van der Waals surface area contributed by atoms with Crippen LogP contribution in [-0.4, -0.2) is 30.9 Å². The van der Waals surface area contributed by atoms with Gasteiger partial charge in [0.15, 0.2) is 0 Å². The van der Waals surface area contributed by atoms with Gasteiger partial charge in [-0.05, 0) is 30.7 Å². The number of rotatable bonds is 3. The summed E-state index contributed by atoms with van der Waals surface area (Å²) in [5.74, 6) is -0.793. The molecule has 1 aliphatic rings. The Labute approximate surface area is 110 Å². The van der Waals surface area contributed by atoms with Crippen LogP contribution in [0.3, 0.4) is 0 Å². The molecule has 2 N–H and O–H groups in total. The Morgan fingerprint density at radius 2 is 2.00 bits per heavy atom. The van der Waals surface area contributed by atoms with Crippen molar-refractivity contribution in [3.05, 3.63) is 29.8 Å². The molecule has 0 spiro atoms. The lowest BCUT2D eigenvalue weighted by Gasteiger charge is -2.11. The van der Waals surface area contributed by atoms with Gasteiger partial charge in [-0.15, -0.1) is 0 Å². The van der Waals surface area contributed by atoms with Gasteiger partial charge in [0.05, 0.1) is 12.7 Å². The third-order valence-corrected chi connectivity index (χ3v) is 2.89. The monoisotopic (exact) mass is 262 g/mol. The fourth-order valence-electron chi connectivity index (χ4n) is 1.85. The maximum absolute atomic E-state index is 11.8. The van der Waals surface area contributed by atoms with E-state index < -0.39 is 12.0 Å². The predicted molar refractivity (Wildman–Crippen MR) is 67.6 cm³/mol. The highest BCUT2D eigenvalue weighted by Gasteiger charge is 2.27. The number of ether oxygens (including phenoxy) is 1. The van der Waals surface area contributed by atoms with Crippen molar-refractivity contribution in [3.8, 4) is 0 Å². The molecule has 1 fully saturated rings. The quantitative estimate of drug-likeness (QED) is 0.785. The third kappa shape index (κ3) is 3.09. The minimum atomic E-state index is -0.479. The number of hydrogen-bond acceptors (Lipinski definition) is 4. The van der Waals surface area contributed by atoms with E-state index in [-0.39, 0.29) is 11.8 Å². The first-order chi connectivity index (χ1) is 9.10. The fourth-order valence-corrected chi connectivity index (χ4v) is 1.85. The van der Waals surface area contributed by atoms with E-state index in [9.17, 15) is 14.4 Å². The zero-order chi connectivity index (χ0) is 13.8. The van der Waals surface area contributed by atoms with Crippen LogP contribution in [-0.2, 0) is 14.3 Å². The highest BCUT2D eigenvalue weighted by Crippen LogP contribution is 2.13. The molecule has 0 radical (unpaired) electrons. The molecule has 1 aromatic carbocycles. The molecule has 1 aromatic rings. The summed E-state index contributed by atoms with van der Waals surface area (Å²) >= 11 is 0. The van der Waals surface area contributed by atoms with Crippen molar-refractivity contribution in [1.82, 2.24) is 5.32 Å². The second kappa shape index (κ2) is 5.51. The van der Waals surface area contributed by atoms with Gasteiger partial charge in [-0.2, -0.15) is 0 Å². The summed E-state index contributed by atoms with van der Waals surface area (Å²) in [4.78, 5) is 34.1. The summed E-state index contributed by atoms with van der Waals surface area (Å²) in [6.45, 7) is 0. The van der Waals surface area contributed by atoms with Crippen LogP contribution in [0.5, 0.6) is 0 Å². The molecule has 0 bridgehead atoms. The van der Waals surface area contributed by atoms with E-state index in [0.29, 0.717) is 24.1 Å². The van der Waals surface area contributed by atoms with Gasteiger partial charge < -0.3 is 15.4 Å². The zero-order valence-corrected chi connectivity index (χ0v) is 10.4. The van der Waals surface area contributed by atoms with Gasteiger partial charge in [-0.3, -0.25) is 9.59 Å². The summed E-state index contributed by atoms with van der Waals surface area (Å²) in [5.41, 5.74) is 0.980. The Hall–Kier alpha value is -2.37. The van der Waals surface area contributed by atoms with Crippen LogP contribution < -0.4 is 10.6 Å². The highest BCUT2D eigenvalue weighted by atomic mass is 16.5. The molecule has 1 atom stereocenters. The van der Waals surface area contributed by atoms with Crippen molar-refractivity contribution >= 4 is 23.5 Å². The number of methoxy groups -OCH3 is 1. The number of carbonyl (C=O) groups excluding carboxylic acids is 3. The number of hydrogen-bond donors (Lipinski definition) is 2. The van der Waals surface area contributed by atoms with E-state index >= 15 is 0 Å². The number of amides is 2. The molecule has 0 saturated carbocycles. The van der Waals surface area contributed by atoms with Gasteiger partial charge in [0.2, 0.25) is 11.8 Å². The van der Waals surface area contributed by atoms with Crippen LogP contribution in [0.4, 0.5) is 5.69 Å². The predicted octanol–water partition coefficient (Wildman–Crippen LogP) is 0.690. The van der Waals surface area contributed by atoms with Crippen molar-refractivity contribution in [2.45, 2.75) is 18.9 Å². The average molecular weight is 262 g/mol. The van der Waals surface area contributed by atoms with Crippen molar-refractivity contribution in [2.24, 2.45) is 0 Å². The van der Waals surface area contributed by atoms with E-state index in [2.05, 4.69) is 15.4 Å². The van der Waals surface area contributed by atoms with Crippen molar-refractivity contribution < 1.29 is 19.1 Å². The molecule has 1 heterocycles. The third-order valence-electron chi connectivity index (χ3n) is 2.89. The summed E-state index contributed by atoms with van der Waals surface area (Å²) < 4.78 is 4.58. The van der Waals surface area contributed by atoms with Crippen molar-refractivity contribution in [2.75, 3.05) is 12.4 Å². The molecule has 2 rings (SSSR count). The van der Waals surface area contributed by atoms with E-state index in [0.717, 1.165) is 0 Å². The van der Waals surface area contributed by atoms with E-state index in [1.54, 1.807) is 24.3 Å². The number of carbonyl (C=O) groups is 3. The molecule has 19 heavy (non-hydrogen) atoms. The van der Waals surface area contributed by atoms with Crippen LogP contribution in [0.1, 0.15) is 23.2 Å². The highest BCUT2D eigenvalue weighted by molar-refractivity contribution is 5.99. The first-order valence-corrected chi connectivity index (χ1v) is 5.89. The lowest BCUT2D eigenvalue weighted by molar-refractivity contribution is -0.122. The lowest BCUT2D eigenvalue weighted by Crippen LogP contribution is -2.37. The van der Waals surface area contributed by atoms with E-state index in [1.165, 1.54) is 7.11 Å². The number of anilines is 1. The molecule has 0 aliphatic carbocycles. The Kier molecular flexibility index (Phi) is 3.79. The van der Waals surface area contributed by atoms with Crippen LogP contribution in [0.25, 0.3) is 0 Å². The maximum atomic E-state index is 11.8. The zero-order valence-electron chi connectivity index (χ0n) is 10.4. The first kappa shape index (κ1) is 13.1. The summed E-state index contributed by atoms with van der Waals surface area (Å²) in [6.07, 6.45) is 0.879. The largest absolute Gasteiger partial charge is 0.465 e. The Morgan fingerprint density at radius 1 is 1.32 bits per heavy atom. The summed E-state index contributed by atoms with van der Waals surface area (Å²) in [5, 5.41) is 5.27. The van der Waals surface area contributed by atoms with Gasteiger partial charge in [-0.1, -0.05) is 0 Å². The fraction of sp³-hybridized carbons (Fsp3) is 0.308. The average Bonchev–Trinajstić information content (AvgIpc) is 2.85. The Bertz CT molecular complexity index is 510. The second-order valence-electron chi connectivity index (χ2n) is 4.22. The topological polar surface area (TPSA) is 84.5 Å². The molecule has 6 nitrogen and oxygen atoms in total. The standard InChI is InChI=1S/C13H14N2O4/c1-19-13(18)8-2-4-9(5-3-8)14-12(17)10-6-7-11(16)15-10/h2-5,10H,6-7H2,1H3,(H,14,17)(H,15,16)/t10-/m0/s1. The molecule has 1 saturated heterocycles. The maximum Gasteiger partial charge on any atom is 0.337 e. The van der Waals surface area contributed by atoms with Gasteiger partial charge in [-0.25, -0.2) is 4.79 Å². The van der Waals surface area contributed by atoms with Crippen LogP contribution in [0.2, 0.25) is 0 Å². The molecule has 0 unspecified atom stereocenters. The van der Waals surface area contributed by atoms with Gasteiger partial charge >= 0.3 is 5.97 Å². The molecule has 2 amide bonds. The number of benzene rings is 1. The molecular formula is C13H14N2O4. The number of esters is 1. The second-order valence-corrected chi connectivity index (χ2v) is 4.22. The Balaban J connectivity index is 1.97. The molecule has 100 valence electrons. The van der Waals surface area contributed by atoms with E-state index in [1.807, 2.05) is 0 Å². The Morgan fingerprint density at radius 3 is 2.53 bits per heavy atom. The van der Waals surface area contributed by atoms with Crippen LogP contribution in [0, 0.1) is 0 Å². The van der Waals surface area contributed by atoms with Gasteiger partial charge in [0.25, 0.3) is 0 Å². The van der Waals surface area contributed by atoms with Crippen LogP contribution in [0.15, 0.2) is 24.3 Å². The lowest BCUT2D eigenvalue weighted by atomic mass is 10.2. The molecule has 6 heteroatoms. The first-order valence-electron chi connectivity index (χ1n) is 5.89. The molecule has 1 aliphatic heterocycles. The van der Waals surface area contributed by atoms with Crippen molar-refractivity contribution in [1.29, 1.82) is 0 Å². The van der Waals surface area contributed by atoms with E-state index in [4.69, 9.17) is 0 Å². The molecule has 0 aromatic heterocycles. The van der Waals surface area contributed by atoms with Gasteiger partial charge in [0, 0.05) is 12.1 Å². The van der Waals surface area contributed by atoms with Crippen molar-refractivity contribution in [3.63, 3.8) is 0 Å². The summed E-state index contributed by atoms with van der Waals surface area (Å²) in [6, 6.07) is 5.87.